The van der Waals surface area contributed by atoms with E-state index in [-0.39, 0.29) is 0 Å². The molecule has 2 rings (SSSR count). The van der Waals surface area contributed by atoms with E-state index in [1.54, 1.807) is 0 Å². The van der Waals surface area contributed by atoms with Crippen molar-refractivity contribution in [3.8, 4) is 0 Å². The molecule has 0 radical (unpaired) electrons. The van der Waals surface area contributed by atoms with Crippen LogP contribution < -0.4 is 0 Å². The number of rotatable bonds is 2. The van der Waals surface area contributed by atoms with Gasteiger partial charge in [-0.1, -0.05) is 25.5 Å². The van der Waals surface area contributed by atoms with Crippen molar-refractivity contribution in [3.63, 3.8) is 0 Å². The second-order valence-corrected chi connectivity index (χ2v) is 4.69. The summed E-state index contributed by atoms with van der Waals surface area (Å²) in [6.45, 7) is 5.35. The van der Waals surface area contributed by atoms with Crippen LogP contribution in [0.4, 0.5) is 0 Å². The molecule has 1 aliphatic carbocycles. The van der Waals surface area contributed by atoms with Crippen molar-refractivity contribution in [2.75, 3.05) is 6.54 Å². The number of carbonyl (C=O) groups is 1. The highest BCUT2D eigenvalue weighted by Crippen LogP contribution is 2.27. The van der Waals surface area contributed by atoms with Crippen LogP contribution in [0.5, 0.6) is 0 Å². The van der Waals surface area contributed by atoms with Gasteiger partial charge in [-0.3, -0.25) is 4.79 Å². The molecule has 0 N–H and O–H groups in total. The summed E-state index contributed by atoms with van der Waals surface area (Å²) in [5.74, 6) is 0.897. The molecular weight excluding hydrogens is 186 g/mol. The molecule has 0 aromatic heterocycles. The molecule has 2 aliphatic rings. The third kappa shape index (κ3) is 2.14. The SMILES string of the molecule is CC(C)C1=CC(N2CCCC2=O)=CCC1. The molecule has 1 heterocycles. The summed E-state index contributed by atoms with van der Waals surface area (Å²) in [5.41, 5.74) is 2.62. The van der Waals surface area contributed by atoms with E-state index in [0.29, 0.717) is 11.8 Å². The number of amides is 1. The normalized spacial score (nSPS) is 22.1. The largest absolute Gasteiger partial charge is 0.313 e. The zero-order chi connectivity index (χ0) is 10.8. The van der Waals surface area contributed by atoms with Crippen LogP contribution in [-0.2, 0) is 4.79 Å². The highest BCUT2D eigenvalue weighted by molar-refractivity contribution is 5.80. The first-order chi connectivity index (χ1) is 7.18. The van der Waals surface area contributed by atoms with Gasteiger partial charge in [0.25, 0.3) is 0 Å². The Hall–Kier alpha value is -1.05. The second-order valence-electron chi connectivity index (χ2n) is 4.69. The molecule has 1 fully saturated rings. The van der Waals surface area contributed by atoms with Gasteiger partial charge in [-0.2, -0.15) is 0 Å². The molecule has 0 saturated carbocycles. The summed E-state index contributed by atoms with van der Waals surface area (Å²) in [6, 6.07) is 0. The van der Waals surface area contributed by atoms with Gasteiger partial charge in [0.1, 0.15) is 0 Å². The number of hydrogen-bond donors (Lipinski definition) is 0. The third-order valence-electron chi connectivity index (χ3n) is 3.25. The standard InChI is InChI=1S/C13H19NO/c1-10(2)11-5-3-6-12(9-11)14-8-4-7-13(14)15/h6,9-10H,3-5,7-8H2,1-2H3. The number of allylic oxidation sites excluding steroid dienone is 3. The minimum Gasteiger partial charge on any atom is -0.313 e. The Morgan fingerprint density at radius 2 is 2.13 bits per heavy atom. The van der Waals surface area contributed by atoms with Crippen LogP contribution in [0.15, 0.2) is 23.4 Å². The van der Waals surface area contributed by atoms with Gasteiger partial charge in [-0.05, 0) is 31.3 Å². The summed E-state index contributed by atoms with van der Waals surface area (Å²) >= 11 is 0. The zero-order valence-corrected chi connectivity index (χ0v) is 9.62. The molecule has 82 valence electrons. The molecule has 2 nitrogen and oxygen atoms in total. The molecule has 2 heteroatoms. The van der Waals surface area contributed by atoms with Crippen LogP contribution in [0.1, 0.15) is 39.5 Å². The van der Waals surface area contributed by atoms with E-state index in [9.17, 15) is 4.79 Å². The minimum absolute atomic E-state index is 0.294. The van der Waals surface area contributed by atoms with E-state index in [1.807, 2.05) is 4.90 Å². The van der Waals surface area contributed by atoms with E-state index >= 15 is 0 Å². The topological polar surface area (TPSA) is 20.3 Å². The predicted molar refractivity (Wildman–Crippen MR) is 61.2 cm³/mol. The fraction of sp³-hybridized carbons (Fsp3) is 0.615. The molecule has 15 heavy (non-hydrogen) atoms. The lowest BCUT2D eigenvalue weighted by Crippen LogP contribution is -2.24. The fourth-order valence-electron chi connectivity index (χ4n) is 2.27. The van der Waals surface area contributed by atoms with Crippen LogP contribution in [-0.4, -0.2) is 17.4 Å². The Morgan fingerprint density at radius 1 is 1.33 bits per heavy atom. The van der Waals surface area contributed by atoms with Gasteiger partial charge in [0.05, 0.1) is 0 Å². The van der Waals surface area contributed by atoms with Crippen molar-refractivity contribution in [2.24, 2.45) is 5.92 Å². The van der Waals surface area contributed by atoms with Crippen molar-refractivity contribution in [2.45, 2.75) is 39.5 Å². The van der Waals surface area contributed by atoms with Crippen molar-refractivity contribution in [3.05, 3.63) is 23.4 Å². The second kappa shape index (κ2) is 4.21. The van der Waals surface area contributed by atoms with Gasteiger partial charge in [-0.15, -0.1) is 0 Å². The van der Waals surface area contributed by atoms with Gasteiger partial charge in [0, 0.05) is 18.7 Å². The number of carbonyl (C=O) groups excluding carboxylic acids is 1. The first kappa shape index (κ1) is 10.5. The number of likely N-dealkylation sites (tertiary alicyclic amines) is 1. The van der Waals surface area contributed by atoms with Crippen molar-refractivity contribution >= 4 is 5.91 Å². The fourth-order valence-corrected chi connectivity index (χ4v) is 2.27. The summed E-state index contributed by atoms with van der Waals surface area (Å²) in [5, 5.41) is 0. The van der Waals surface area contributed by atoms with Gasteiger partial charge in [0.2, 0.25) is 5.91 Å². The Balaban J connectivity index is 2.16. The molecule has 1 amide bonds. The van der Waals surface area contributed by atoms with E-state index in [2.05, 4.69) is 26.0 Å². The molecule has 0 spiro atoms. The van der Waals surface area contributed by atoms with Crippen LogP contribution in [0, 0.1) is 5.92 Å². The molecule has 0 aromatic carbocycles. The average Bonchev–Trinajstić information content (AvgIpc) is 2.64. The molecule has 1 aliphatic heterocycles. The maximum absolute atomic E-state index is 11.6. The smallest absolute Gasteiger partial charge is 0.227 e. The first-order valence-electron chi connectivity index (χ1n) is 5.89. The quantitative estimate of drug-likeness (QED) is 0.678. The summed E-state index contributed by atoms with van der Waals surface area (Å²) in [6.07, 6.45) is 8.40. The summed E-state index contributed by atoms with van der Waals surface area (Å²) < 4.78 is 0. The maximum Gasteiger partial charge on any atom is 0.227 e. The monoisotopic (exact) mass is 205 g/mol. The third-order valence-corrected chi connectivity index (χ3v) is 3.25. The molecule has 0 bridgehead atoms. The van der Waals surface area contributed by atoms with E-state index < -0.39 is 0 Å². The van der Waals surface area contributed by atoms with Crippen LogP contribution in [0.3, 0.4) is 0 Å². The Bertz CT molecular complexity index is 325. The molecule has 0 unspecified atom stereocenters. The van der Waals surface area contributed by atoms with E-state index in [4.69, 9.17) is 0 Å². The molecule has 0 aromatic rings. The average molecular weight is 205 g/mol. The van der Waals surface area contributed by atoms with E-state index in [1.165, 1.54) is 5.57 Å². The zero-order valence-electron chi connectivity index (χ0n) is 9.62. The number of nitrogens with zero attached hydrogens (tertiary/aromatic N) is 1. The lowest BCUT2D eigenvalue weighted by molar-refractivity contribution is -0.125. The van der Waals surface area contributed by atoms with Gasteiger partial charge >= 0.3 is 0 Å². The maximum atomic E-state index is 11.6. The van der Waals surface area contributed by atoms with Crippen LogP contribution >= 0.6 is 0 Å². The lowest BCUT2D eigenvalue weighted by atomic mass is 9.93. The molecule has 1 saturated heterocycles. The summed E-state index contributed by atoms with van der Waals surface area (Å²) in [4.78, 5) is 13.6. The first-order valence-corrected chi connectivity index (χ1v) is 5.89. The molecular formula is C13H19NO. The van der Waals surface area contributed by atoms with Crippen molar-refractivity contribution in [1.29, 1.82) is 0 Å². The highest BCUT2D eigenvalue weighted by atomic mass is 16.2. The van der Waals surface area contributed by atoms with Crippen LogP contribution in [0.2, 0.25) is 0 Å². The van der Waals surface area contributed by atoms with Gasteiger partial charge in [-0.25, -0.2) is 0 Å². The minimum atomic E-state index is 0.294. The van der Waals surface area contributed by atoms with Crippen molar-refractivity contribution in [1.82, 2.24) is 4.90 Å². The highest BCUT2D eigenvalue weighted by Gasteiger charge is 2.23. The Morgan fingerprint density at radius 3 is 2.73 bits per heavy atom. The van der Waals surface area contributed by atoms with Gasteiger partial charge in [0.15, 0.2) is 0 Å². The Kier molecular flexibility index (Phi) is 2.94. The summed E-state index contributed by atoms with van der Waals surface area (Å²) in [7, 11) is 0. The number of hydrogen-bond acceptors (Lipinski definition) is 1. The van der Waals surface area contributed by atoms with Gasteiger partial charge < -0.3 is 4.90 Å². The van der Waals surface area contributed by atoms with Crippen LogP contribution in [0.25, 0.3) is 0 Å². The Labute approximate surface area is 91.6 Å². The lowest BCUT2D eigenvalue weighted by Gasteiger charge is -2.23. The van der Waals surface area contributed by atoms with Crippen molar-refractivity contribution < 1.29 is 4.79 Å². The molecule has 0 atom stereocenters. The predicted octanol–water partition coefficient (Wildman–Crippen LogP) is 2.87. The van der Waals surface area contributed by atoms with E-state index in [0.717, 1.165) is 37.9 Å².